The van der Waals surface area contributed by atoms with Crippen LogP contribution in [-0.4, -0.2) is 59.2 Å². The first-order valence-corrected chi connectivity index (χ1v) is 8.56. The number of anilines is 1. The van der Waals surface area contributed by atoms with Crippen molar-refractivity contribution in [1.82, 2.24) is 25.5 Å². The van der Waals surface area contributed by atoms with E-state index in [4.69, 9.17) is 4.98 Å². The molecule has 4 rings (SSSR count). The minimum absolute atomic E-state index is 0.203. The Bertz CT molecular complexity index is 667. The predicted molar refractivity (Wildman–Crippen MR) is 87.7 cm³/mol. The fraction of sp³-hybridized carbons (Fsp3) is 0.625. The summed E-state index contributed by atoms with van der Waals surface area (Å²) in [5.74, 6) is 1.71. The molecular formula is C16H22N6O2. The number of aryl methyl sites for hydroxylation is 2. The van der Waals surface area contributed by atoms with Crippen LogP contribution in [0.5, 0.6) is 0 Å². The van der Waals surface area contributed by atoms with Crippen molar-refractivity contribution in [2.45, 2.75) is 38.8 Å². The second-order valence-corrected chi connectivity index (χ2v) is 6.64. The second kappa shape index (κ2) is 6.01. The molecule has 0 saturated carbocycles. The molecule has 3 heterocycles. The number of fused-ring (bicyclic) bond motifs is 1. The number of hydrogen-bond acceptors (Lipinski definition) is 6. The van der Waals surface area contributed by atoms with E-state index in [-0.39, 0.29) is 12.1 Å². The van der Waals surface area contributed by atoms with Gasteiger partial charge in [-0.15, -0.1) is 0 Å². The first kappa shape index (κ1) is 15.3. The number of nitrogens with zero attached hydrogens (tertiary/aromatic N) is 4. The smallest absolute Gasteiger partial charge is 0.322 e. The number of imide groups is 1. The molecule has 1 aromatic rings. The van der Waals surface area contributed by atoms with Crippen molar-refractivity contribution in [3.63, 3.8) is 0 Å². The topological polar surface area (TPSA) is 90.5 Å². The number of nitrogens with one attached hydrogen (secondary N) is 2. The van der Waals surface area contributed by atoms with Gasteiger partial charge in [0, 0.05) is 37.4 Å². The van der Waals surface area contributed by atoms with Crippen LogP contribution in [0, 0.1) is 6.92 Å². The first-order valence-electron chi connectivity index (χ1n) is 8.56. The Labute approximate surface area is 140 Å². The van der Waals surface area contributed by atoms with Gasteiger partial charge in [-0.3, -0.25) is 15.0 Å². The lowest BCUT2D eigenvalue weighted by Crippen LogP contribution is -2.62. The monoisotopic (exact) mass is 330 g/mol. The Kier molecular flexibility index (Phi) is 3.84. The van der Waals surface area contributed by atoms with Crippen molar-refractivity contribution in [1.29, 1.82) is 0 Å². The van der Waals surface area contributed by atoms with Crippen molar-refractivity contribution >= 4 is 17.8 Å². The molecule has 0 spiro atoms. The molecule has 128 valence electrons. The molecule has 2 aliphatic heterocycles. The van der Waals surface area contributed by atoms with Crippen LogP contribution in [0.1, 0.15) is 29.9 Å². The molecule has 1 atom stereocenters. The lowest BCUT2D eigenvalue weighted by molar-refractivity contribution is -0.122. The summed E-state index contributed by atoms with van der Waals surface area (Å²) in [6.45, 7) is 5.24. The Morgan fingerprint density at radius 1 is 1.08 bits per heavy atom. The normalized spacial score (nSPS) is 24.5. The molecule has 0 radical (unpaired) electrons. The number of amides is 3. The summed E-state index contributed by atoms with van der Waals surface area (Å²) < 4.78 is 0. The van der Waals surface area contributed by atoms with E-state index in [1.54, 1.807) is 0 Å². The van der Waals surface area contributed by atoms with Crippen molar-refractivity contribution in [3.8, 4) is 0 Å². The number of hydrogen-bond donors (Lipinski definition) is 2. The molecule has 3 aliphatic rings. The Hall–Kier alpha value is -2.22. The highest BCUT2D eigenvalue weighted by atomic mass is 16.2. The quantitative estimate of drug-likeness (QED) is 0.790. The molecule has 1 aromatic heterocycles. The van der Waals surface area contributed by atoms with Crippen LogP contribution in [0.3, 0.4) is 0 Å². The second-order valence-electron chi connectivity index (χ2n) is 6.64. The highest BCUT2D eigenvalue weighted by molar-refractivity contribution is 5.97. The van der Waals surface area contributed by atoms with Gasteiger partial charge >= 0.3 is 6.03 Å². The van der Waals surface area contributed by atoms with Crippen molar-refractivity contribution in [3.05, 3.63) is 17.1 Å². The molecule has 0 bridgehead atoms. The van der Waals surface area contributed by atoms with Gasteiger partial charge in [-0.25, -0.2) is 14.8 Å². The van der Waals surface area contributed by atoms with Gasteiger partial charge in [0.1, 0.15) is 11.6 Å². The van der Waals surface area contributed by atoms with E-state index in [1.807, 2.05) is 6.92 Å². The number of carbonyl (C=O) groups excluding carboxylic acids is 2. The van der Waals surface area contributed by atoms with Crippen LogP contribution >= 0.6 is 0 Å². The number of urea groups is 1. The zero-order chi connectivity index (χ0) is 16.7. The molecule has 1 unspecified atom stereocenters. The molecule has 8 nitrogen and oxygen atoms in total. The Morgan fingerprint density at radius 3 is 2.62 bits per heavy atom. The van der Waals surface area contributed by atoms with E-state index in [0.717, 1.165) is 57.1 Å². The maximum absolute atomic E-state index is 11.6. The summed E-state index contributed by atoms with van der Waals surface area (Å²) in [6.07, 6.45) is 3.38. The summed E-state index contributed by atoms with van der Waals surface area (Å²) in [4.78, 5) is 36.8. The minimum Gasteiger partial charge on any atom is -0.354 e. The van der Waals surface area contributed by atoms with E-state index < -0.39 is 6.03 Å². The number of rotatable bonds is 2. The molecule has 0 aromatic carbocycles. The molecular weight excluding hydrogens is 308 g/mol. The number of piperazine rings is 1. The number of aromatic nitrogens is 2. The lowest BCUT2D eigenvalue weighted by atomic mass is 10.1. The third kappa shape index (κ3) is 2.82. The maximum Gasteiger partial charge on any atom is 0.322 e. The lowest BCUT2D eigenvalue weighted by Gasteiger charge is -2.41. The van der Waals surface area contributed by atoms with E-state index in [1.165, 1.54) is 11.3 Å². The highest BCUT2D eigenvalue weighted by Crippen LogP contribution is 2.29. The van der Waals surface area contributed by atoms with Gasteiger partial charge in [-0.1, -0.05) is 0 Å². The van der Waals surface area contributed by atoms with Crippen molar-refractivity contribution in [2.75, 3.05) is 31.1 Å². The summed E-state index contributed by atoms with van der Waals surface area (Å²) in [6, 6.07) is -0.400. The van der Waals surface area contributed by atoms with E-state index >= 15 is 0 Å². The molecule has 2 saturated heterocycles. The van der Waals surface area contributed by atoms with Gasteiger partial charge in [-0.2, -0.15) is 0 Å². The van der Waals surface area contributed by atoms with Crippen LogP contribution in [0.2, 0.25) is 0 Å². The largest absolute Gasteiger partial charge is 0.354 e. The molecule has 24 heavy (non-hydrogen) atoms. The zero-order valence-corrected chi connectivity index (χ0v) is 13.8. The fourth-order valence-electron chi connectivity index (χ4n) is 3.85. The summed E-state index contributed by atoms with van der Waals surface area (Å²) in [7, 11) is 0. The third-order valence-corrected chi connectivity index (χ3v) is 5.01. The van der Waals surface area contributed by atoms with Crippen LogP contribution in [0.25, 0.3) is 0 Å². The summed E-state index contributed by atoms with van der Waals surface area (Å²) >= 11 is 0. The average Bonchev–Trinajstić information content (AvgIpc) is 3.01. The van der Waals surface area contributed by atoms with Gasteiger partial charge in [0.2, 0.25) is 5.91 Å². The minimum atomic E-state index is -0.400. The molecule has 8 heteroatoms. The molecule has 2 fully saturated rings. The van der Waals surface area contributed by atoms with E-state index in [9.17, 15) is 9.59 Å². The van der Waals surface area contributed by atoms with Gasteiger partial charge in [-0.05, 0) is 26.2 Å². The summed E-state index contributed by atoms with van der Waals surface area (Å²) in [5.41, 5.74) is 2.51. The van der Waals surface area contributed by atoms with E-state index in [2.05, 4.69) is 25.4 Å². The average molecular weight is 330 g/mol. The Morgan fingerprint density at radius 2 is 1.88 bits per heavy atom. The fourth-order valence-corrected chi connectivity index (χ4v) is 3.85. The Balaban J connectivity index is 1.45. The predicted octanol–water partition coefficient (Wildman–Crippen LogP) is -0.0487. The van der Waals surface area contributed by atoms with E-state index in [0.29, 0.717) is 6.42 Å². The van der Waals surface area contributed by atoms with Crippen molar-refractivity contribution in [2.24, 2.45) is 0 Å². The van der Waals surface area contributed by atoms with Crippen LogP contribution in [0.15, 0.2) is 0 Å². The zero-order valence-electron chi connectivity index (χ0n) is 13.8. The van der Waals surface area contributed by atoms with Crippen LogP contribution in [-0.2, 0) is 17.6 Å². The van der Waals surface area contributed by atoms with Gasteiger partial charge in [0.25, 0.3) is 0 Å². The summed E-state index contributed by atoms with van der Waals surface area (Å²) in [5, 5.41) is 5.11. The highest BCUT2D eigenvalue weighted by Gasteiger charge is 2.32. The van der Waals surface area contributed by atoms with Gasteiger partial charge < -0.3 is 10.2 Å². The molecule has 3 amide bonds. The third-order valence-electron chi connectivity index (χ3n) is 5.01. The first-order chi connectivity index (χ1) is 11.6. The SMILES string of the molecule is Cc1nc2c(c(N3CCN(C4CC(=O)NC(=O)N4)CC3)n1)CCC2. The van der Waals surface area contributed by atoms with Crippen LogP contribution in [0.4, 0.5) is 10.6 Å². The van der Waals surface area contributed by atoms with Gasteiger partial charge in [0.15, 0.2) is 0 Å². The van der Waals surface area contributed by atoms with Crippen LogP contribution < -0.4 is 15.5 Å². The molecule has 2 N–H and O–H groups in total. The maximum atomic E-state index is 11.6. The van der Waals surface area contributed by atoms with Gasteiger partial charge in [0.05, 0.1) is 12.6 Å². The standard InChI is InChI=1S/C16H22N6O2/c1-10-17-12-4-2-3-11(12)15(18-10)22-7-5-21(6-8-22)13-9-14(23)20-16(24)19-13/h13H,2-9H2,1H3,(H2,19,20,23,24). The van der Waals surface area contributed by atoms with Crippen molar-refractivity contribution < 1.29 is 9.59 Å². The number of carbonyl (C=O) groups is 2. The molecule has 1 aliphatic carbocycles.